The first-order valence-corrected chi connectivity index (χ1v) is 16.7. The Morgan fingerprint density at radius 1 is 0.479 bits per heavy atom. The maximum atomic E-state index is 7.02. The van der Waals surface area contributed by atoms with E-state index in [1.54, 1.807) is 0 Å². The maximum absolute atomic E-state index is 7.02. The standard InChI is InChI=1S/C44H22N3O/c1-3-11-25-23(9-1)24-10-2-4-12-26(24)42-36(25)28-18-20-34-40-38(28)43-46(42)31-15-5-6-16-32(31)47(43)44(40)29-14-7-13-27-30-17-8-22-45(30)33-19-21-35(48-34)41(44)39(33)37(27)29/h1-22H/q+1. The van der Waals surface area contributed by atoms with Gasteiger partial charge in [0.1, 0.15) is 17.0 Å². The van der Waals surface area contributed by atoms with Crippen molar-refractivity contribution in [3.63, 3.8) is 0 Å². The molecule has 7 aromatic carbocycles. The van der Waals surface area contributed by atoms with Gasteiger partial charge < -0.3 is 9.14 Å². The van der Waals surface area contributed by atoms with Crippen molar-refractivity contribution in [2.24, 2.45) is 0 Å². The Hall–Kier alpha value is -6.39. The Morgan fingerprint density at radius 3 is 2.08 bits per heavy atom. The van der Waals surface area contributed by atoms with Gasteiger partial charge in [0.15, 0.2) is 16.6 Å². The van der Waals surface area contributed by atoms with E-state index in [-0.39, 0.29) is 0 Å². The van der Waals surface area contributed by atoms with Gasteiger partial charge in [-0.3, -0.25) is 0 Å². The van der Waals surface area contributed by atoms with E-state index >= 15 is 0 Å². The number of aromatic nitrogens is 3. The quantitative estimate of drug-likeness (QED) is 0.124. The summed E-state index contributed by atoms with van der Waals surface area (Å²) in [4.78, 5) is 0. The van der Waals surface area contributed by atoms with E-state index in [9.17, 15) is 0 Å². The van der Waals surface area contributed by atoms with E-state index in [4.69, 9.17) is 4.74 Å². The zero-order valence-electron chi connectivity index (χ0n) is 25.5. The first kappa shape index (κ1) is 23.0. The van der Waals surface area contributed by atoms with Crippen molar-refractivity contribution < 1.29 is 9.30 Å². The molecule has 1 atom stereocenters. The Labute approximate surface area is 271 Å². The van der Waals surface area contributed by atoms with Crippen molar-refractivity contribution in [2.45, 2.75) is 5.54 Å². The number of nitrogens with zero attached hydrogens (tertiary/aromatic N) is 3. The second-order valence-corrected chi connectivity index (χ2v) is 13.8. The molecule has 0 amide bonds. The van der Waals surface area contributed by atoms with Crippen molar-refractivity contribution in [3.8, 4) is 11.5 Å². The van der Waals surface area contributed by atoms with Gasteiger partial charge in [0, 0.05) is 44.1 Å². The lowest BCUT2D eigenvalue weighted by molar-refractivity contribution is -0.680. The van der Waals surface area contributed by atoms with E-state index in [0.29, 0.717) is 0 Å². The number of rotatable bonds is 0. The Kier molecular flexibility index (Phi) is 3.41. The summed E-state index contributed by atoms with van der Waals surface area (Å²) >= 11 is 0. The summed E-state index contributed by atoms with van der Waals surface area (Å²) < 4.78 is 14.7. The molecule has 1 unspecified atom stereocenters. The topological polar surface area (TPSA) is 21.9 Å². The van der Waals surface area contributed by atoms with Crippen molar-refractivity contribution in [3.05, 3.63) is 150 Å². The Morgan fingerprint density at radius 2 is 1.19 bits per heavy atom. The number of ether oxygens (including phenoxy) is 1. The van der Waals surface area contributed by atoms with Crippen molar-refractivity contribution >= 4 is 87.1 Å². The third-order valence-electron chi connectivity index (χ3n) is 12.0. The second-order valence-electron chi connectivity index (χ2n) is 13.8. The van der Waals surface area contributed by atoms with Gasteiger partial charge in [-0.05, 0) is 64.7 Å². The molecule has 14 rings (SSSR count). The van der Waals surface area contributed by atoms with Crippen LogP contribution in [0.2, 0.25) is 0 Å². The van der Waals surface area contributed by atoms with Crippen LogP contribution in [0.4, 0.5) is 0 Å². The summed E-state index contributed by atoms with van der Waals surface area (Å²) in [6.45, 7) is 0. The fourth-order valence-electron chi connectivity index (χ4n) is 10.5. The molecular weight excluding hydrogens is 587 g/mol. The van der Waals surface area contributed by atoms with Crippen LogP contribution in [0.3, 0.4) is 0 Å². The van der Waals surface area contributed by atoms with Crippen LogP contribution >= 0.6 is 0 Å². The fraction of sp³-hybridized carbons (Fsp3) is 0.0227. The smallest absolute Gasteiger partial charge is 0.297 e. The van der Waals surface area contributed by atoms with Gasteiger partial charge in [0.2, 0.25) is 0 Å². The number of benzene rings is 7. The molecule has 0 saturated heterocycles. The van der Waals surface area contributed by atoms with Gasteiger partial charge in [-0.15, -0.1) is 0 Å². The third kappa shape index (κ3) is 2.08. The molecular formula is C44H22N3O+. The molecule has 11 aromatic rings. The van der Waals surface area contributed by atoms with Crippen LogP contribution in [0.15, 0.2) is 134 Å². The summed E-state index contributed by atoms with van der Waals surface area (Å²) in [6.07, 6.45) is 2.20. The minimum absolute atomic E-state index is 0.581. The zero-order chi connectivity index (χ0) is 30.6. The number of pyridine rings is 2. The molecule has 2 aliphatic heterocycles. The van der Waals surface area contributed by atoms with Gasteiger partial charge in [0.25, 0.3) is 5.65 Å². The van der Waals surface area contributed by atoms with Crippen LogP contribution in [-0.2, 0) is 5.54 Å². The summed E-state index contributed by atoms with van der Waals surface area (Å²) in [5.41, 5.74) is 10.7. The van der Waals surface area contributed by atoms with Crippen LogP contribution in [0.5, 0.6) is 11.5 Å². The lowest BCUT2D eigenvalue weighted by Crippen LogP contribution is -2.55. The summed E-state index contributed by atoms with van der Waals surface area (Å²) in [5, 5.41) is 12.9. The predicted molar refractivity (Wildman–Crippen MR) is 193 cm³/mol. The zero-order valence-corrected chi connectivity index (χ0v) is 25.5. The van der Waals surface area contributed by atoms with E-state index in [1.807, 2.05) is 0 Å². The summed E-state index contributed by atoms with van der Waals surface area (Å²) in [6, 6.07) is 47.4. The molecule has 1 spiro atoms. The molecule has 1 aliphatic carbocycles. The molecule has 4 aromatic heterocycles. The first-order valence-electron chi connectivity index (χ1n) is 16.7. The van der Waals surface area contributed by atoms with Crippen LogP contribution in [0.25, 0.3) is 87.1 Å². The lowest BCUT2D eigenvalue weighted by atomic mass is 9.77. The minimum Gasteiger partial charge on any atom is -0.456 e. The Bertz CT molecular complexity index is 3440. The van der Waals surface area contributed by atoms with Crippen molar-refractivity contribution in [1.82, 2.24) is 8.80 Å². The van der Waals surface area contributed by atoms with E-state index in [2.05, 4.69) is 147 Å². The van der Waals surface area contributed by atoms with Gasteiger partial charge in [-0.1, -0.05) is 78.9 Å². The second kappa shape index (κ2) is 7.12. The molecule has 6 heterocycles. The maximum Gasteiger partial charge on any atom is 0.297 e. The van der Waals surface area contributed by atoms with Crippen molar-refractivity contribution in [1.29, 1.82) is 0 Å². The first-order chi connectivity index (χ1) is 23.9. The van der Waals surface area contributed by atoms with E-state index in [1.165, 1.54) is 104 Å². The molecule has 0 fully saturated rings. The molecule has 48 heavy (non-hydrogen) atoms. The molecule has 0 bridgehead atoms. The average Bonchev–Trinajstić information content (AvgIpc) is 3.91. The van der Waals surface area contributed by atoms with Crippen LogP contribution in [0.1, 0.15) is 16.7 Å². The summed E-state index contributed by atoms with van der Waals surface area (Å²) in [5.74, 6) is 1.90. The molecule has 0 saturated carbocycles. The third-order valence-corrected chi connectivity index (χ3v) is 12.0. The molecule has 0 N–H and O–H groups in total. The largest absolute Gasteiger partial charge is 0.456 e. The van der Waals surface area contributed by atoms with Crippen LogP contribution < -0.4 is 9.30 Å². The predicted octanol–water partition coefficient (Wildman–Crippen LogP) is 10.1. The van der Waals surface area contributed by atoms with Gasteiger partial charge in [0.05, 0.1) is 27.5 Å². The number of para-hydroxylation sites is 2. The molecule has 4 heteroatoms. The highest BCUT2D eigenvalue weighted by atomic mass is 16.5. The highest BCUT2D eigenvalue weighted by Gasteiger charge is 2.61. The van der Waals surface area contributed by atoms with Gasteiger partial charge in [-0.2, -0.15) is 4.40 Å². The average molecular weight is 609 g/mol. The monoisotopic (exact) mass is 608 g/mol. The van der Waals surface area contributed by atoms with E-state index in [0.717, 1.165) is 11.5 Å². The Balaban J connectivity index is 1.37. The van der Waals surface area contributed by atoms with Crippen molar-refractivity contribution in [2.75, 3.05) is 0 Å². The lowest BCUT2D eigenvalue weighted by Gasteiger charge is -2.33. The SMILES string of the molecule is c1ccc2c(c1)c1ccccc1c1c2c2ccc3c4c2c2n1c1ccccc1[n+]2C41c2cccc4c2c2c1c(ccc2n1cccc41)O3. The van der Waals surface area contributed by atoms with E-state index < -0.39 is 5.54 Å². The highest BCUT2D eigenvalue weighted by Crippen LogP contribution is 2.64. The number of hydrogen-bond donors (Lipinski definition) is 0. The van der Waals surface area contributed by atoms with Crippen LogP contribution in [0, 0.1) is 0 Å². The number of imidazole rings is 1. The molecule has 4 nitrogen and oxygen atoms in total. The normalized spacial score (nSPS) is 17.0. The summed E-state index contributed by atoms with van der Waals surface area (Å²) in [7, 11) is 0. The highest BCUT2D eigenvalue weighted by molar-refractivity contribution is 6.33. The number of fused-ring (bicyclic) bond motifs is 14. The molecule has 218 valence electrons. The fourth-order valence-corrected chi connectivity index (χ4v) is 10.5. The number of hydrogen-bond acceptors (Lipinski definition) is 1. The molecule has 3 aliphatic rings. The van der Waals surface area contributed by atoms with Gasteiger partial charge >= 0.3 is 0 Å². The molecule has 0 radical (unpaired) electrons. The van der Waals surface area contributed by atoms with Gasteiger partial charge in [-0.25, -0.2) is 4.57 Å². The van der Waals surface area contributed by atoms with Crippen LogP contribution in [-0.4, -0.2) is 8.80 Å². The minimum atomic E-state index is -0.581.